The van der Waals surface area contributed by atoms with Crippen LogP contribution < -0.4 is 5.73 Å². The van der Waals surface area contributed by atoms with Crippen LogP contribution in [-0.4, -0.2) is 16.1 Å². The Morgan fingerprint density at radius 3 is 2.79 bits per heavy atom. The number of halogens is 2. The van der Waals surface area contributed by atoms with Gasteiger partial charge in [-0.25, -0.2) is 8.78 Å². The van der Waals surface area contributed by atoms with Crippen LogP contribution in [0.25, 0.3) is 0 Å². The molecule has 0 aliphatic carbocycles. The summed E-state index contributed by atoms with van der Waals surface area (Å²) in [5, 5.41) is 8.44. The van der Waals surface area contributed by atoms with Crippen molar-refractivity contribution in [2.75, 3.05) is 5.73 Å². The van der Waals surface area contributed by atoms with E-state index >= 15 is 0 Å². The zero-order valence-electron chi connectivity index (χ0n) is 7.08. The molecule has 0 bridgehead atoms. The minimum atomic E-state index is -2.72. The highest BCUT2D eigenvalue weighted by atomic mass is 19.3. The van der Waals surface area contributed by atoms with E-state index in [0.29, 0.717) is 0 Å². The molecule has 1 rings (SSSR count). The zero-order chi connectivity index (χ0) is 10.7. The second-order valence-corrected chi connectivity index (χ2v) is 2.63. The summed E-state index contributed by atoms with van der Waals surface area (Å²) in [6.45, 7) is 0. The quantitative estimate of drug-likeness (QED) is 0.772. The van der Waals surface area contributed by atoms with Gasteiger partial charge in [-0.15, -0.1) is 0 Å². The third kappa shape index (κ3) is 2.15. The molecule has 14 heavy (non-hydrogen) atoms. The Morgan fingerprint density at radius 1 is 1.64 bits per heavy atom. The first-order valence-electron chi connectivity index (χ1n) is 3.75. The molecule has 1 heterocycles. The highest BCUT2D eigenvalue weighted by Gasteiger charge is 2.15. The van der Waals surface area contributed by atoms with E-state index in [1.54, 1.807) is 0 Å². The minimum Gasteiger partial charge on any atom is -0.481 e. The van der Waals surface area contributed by atoms with Gasteiger partial charge in [0.2, 0.25) is 0 Å². The molecule has 0 atom stereocenters. The number of carboxylic acids is 1. The fraction of sp³-hybridized carbons (Fsp3) is 0.250. The summed E-state index contributed by atoms with van der Waals surface area (Å²) in [4.78, 5) is 13.9. The Morgan fingerprint density at radius 2 is 2.29 bits per heavy atom. The van der Waals surface area contributed by atoms with Gasteiger partial charge in [0.1, 0.15) is 0 Å². The van der Waals surface area contributed by atoms with E-state index in [1.807, 2.05) is 0 Å². The van der Waals surface area contributed by atoms with Crippen molar-refractivity contribution in [1.29, 1.82) is 0 Å². The van der Waals surface area contributed by atoms with E-state index in [1.165, 1.54) is 0 Å². The van der Waals surface area contributed by atoms with E-state index in [9.17, 15) is 13.6 Å². The Labute approximate surface area is 78.4 Å². The van der Waals surface area contributed by atoms with Crippen LogP contribution >= 0.6 is 0 Å². The summed E-state index contributed by atoms with van der Waals surface area (Å²) in [6.07, 6.45) is -2.05. The van der Waals surface area contributed by atoms with Crippen LogP contribution in [0, 0.1) is 0 Å². The molecule has 1 aromatic heterocycles. The smallest absolute Gasteiger partial charge is 0.309 e. The number of aliphatic carboxylic acids is 1. The molecule has 0 aliphatic heterocycles. The number of pyridine rings is 1. The van der Waals surface area contributed by atoms with Gasteiger partial charge in [0, 0.05) is 11.8 Å². The number of nitrogen functional groups attached to an aromatic ring is 1. The van der Waals surface area contributed by atoms with Gasteiger partial charge < -0.3 is 10.8 Å². The van der Waals surface area contributed by atoms with Crippen molar-refractivity contribution in [1.82, 2.24) is 4.98 Å². The SMILES string of the molecule is Nc1c(C(F)F)ccnc1CC(=O)O. The lowest BCUT2D eigenvalue weighted by molar-refractivity contribution is -0.136. The fourth-order valence-corrected chi connectivity index (χ4v) is 1.01. The monoisotopic (exact) mass is 202 g/mol. The number of hydrogen-bond acceptors (Lipinski definition) is 3. The first kappa shape index (κ1) is 10.4. The molecule has 76 valence electrons. The molecule has 0 amide bonds. The van der Waals surface area contributed by atoms with E-state index in [-0.39, 0.29) is 16.9 Å². The highest BCUT2D eigenvalue weighted by molar-refractivity contribution is 5.72. The van der Waals surface area contributed by atoms with Gasteiger partial charge in [-0.3, -0.25) is 9.78 Å². The average Bonchev–Trinajstić information content (AvgIpc) is 2.07. The topological polar surface area (TPSA) is 76.2 Å². The lowest BCUT2D eigenvalue weighted by Crippen LogP contribution is -2.08. The predicted octanol–water partition coefficient (Wildman–Crippen LogP) is 1.23. The number of anilines is 1. The van der Waals surface area contributed by atoms with Gasteiger partial charge in [0.25, 0.3) is 6.43 Å². The molecule has 0 aromatic carbocycles. The third-order valence-corrected chi connectivity index (χ3v) is 1.66. The van der Waals surface area contributed by atoms with Crippen molar-refractivity contribution < 1.29 is 18.7 Å². The number of rotatable bonds is 3. The average molecular weight is 202 g/mol. The first-order chi connectivity index (χ1) is 6.52. The van der Waals surface area contributed by atoms with Crippen molar-refractivity contribution in [3.05, 3.63) is 23.5 Å². The molecule has 0 saturated carbocycles. The molecule has 4 nitrogen and oxygen atoms in total. The molecular weight excluding hydrogens is 194 g/mol. The zero-order valence-corrected chi connectivity index (χ0v) is 7.08. The Hall–Kier alpha value is -1.72. The summed E-state index contributed by atoms with van der Waals surface area (Å²) in [6, 6.07) is 1.07. The molecule has 0 fully saturated rings. The summed E-state index contributed by atoms with van der Waals surface area (Å²) >= 11 is 0. The maximum Gasteiger partial charge on any atom is 0.309 e. The minimum absolute atomic E-state index is 0.0321. The Kier molecular flexibility index (Phi) is 2.95. The molecule has 0 spiro atoms. The van der Waals surface area contributed by atoms with Crippen molar-refractivity contribution >= 4 is 11.7 Å². The normalized spacial score (nSPS) is 10.5. The molecular formula is C8H8F2N2O2. The standard InChI is InChI=1S/C8H8F2N2O2/c9-8(10)4-1-2-12-5(7(4)11)3-6(13)14/h1-2,8H,3,11H2,(H,13,14). The first-order valence-corrected chi connectivity index (χ1v) is 3.75. The summed E-state index contributed by atoms with van der Waals surface area (Å²) in [7, 11) is 0. The number of aromatic nitrogens is 1. The molecule has 0 saturated heterocycles. The number of carboxylic acid groups (broad SMARTS) is 1. The Balaban J connectivity index is 3.07. The lowest BCUT2D eigenvalue weighted by Gasteiger charge is -2.07. The van der Waals surface area contributed by atoms with Crippen LogP contribution in [0.15, 0.2) is 12.3 Å². The van der Waals surface area contributed by atoms with Crippen molar-refractivity contribution in [3.63, 3.8) is 0 Å². The van der Waals surface area contributed by atoms with Crippen molar-refractivity contribution in [3.8, 4) is 0 Å². The predicted molar refractivity (Wildman–Crippen MR) is 44.9 cm³/mol. The number of carbonyl (C=O) groups is 1. The van der Waals surface area contributed by atoms with Crippen LogP contribution in [0.1, 0.15) is 17.7 Å². The molecule has 0 unspecified atom stereocenters. The van der Waals surface area contributed by atoms with Crippen LogP contribution in [-0.2, 0) is 11.2 Å². The maximum absolute atomic E-state index is 12.3. The number of hydrogen-bond donors (Lipinski definition) is 2. The van der Waals surface area contributed by atoms with E-state index in [2.05, 4.69) is 4.98 Å². The van der Waals surface area contributed by atoms with Gasteiger partial charge in [0.15, 0.2) is 0 Å². The van der Waals surface area contributed by atoms with E-state index in [0.717, 1.165) is 12.3 Å². The highest BCUT2D eigenvalue weighted by Crippen LogP contribution is 2.26. The van der Waals surface area contributed by atoms with Gasteiger partial charge in [-0.2, -0.15) is 0 Å². The van der Waals surface area contributed by atoms with Gasteiger partial charge in [-0.05, 0) is 6.07 Å². The van der Waals surface area contributed by atoms with E-state index < -0.39 is 18.8 Å². The van der Waals surface area contributed by atoms with E-state index in [4.69, 9.17) is 10.8 Å². The lowest BCUT2D eigenvalue weighted by atomic mass is 10.1. The number of alkyl halides is 2. The molecule has 0 radical (unpaired) electrons. The molecule has 0 aliphatic rings. The summed E-state index contributed by atoms with van der Waals surface area (Å²) in [5.41, 5.74) is 4.67. The van der Waals surface area contributed by atoms with Gasteiger partial charge in [-0.1, -0.05) is 0 Å². The van der Waals surface area contributed by atoms with Gasteiger partial charge in [0.05, 0.1) is 17.8 Å². The largest absolute Gasteiger partial charge is 0.481 e. The molecule has 6 heteroatoms. The third-order valence-electron chi connectivity index (χ3n) is 1.66. The van der Waals surface area contributed by atoms with Gasteiger partial charge >= 0.3 is 5.97 Å². The van der Waals surface area contributed by atoms with Crippen LogP contribution in [0.4, 0.5) is 14.5 Å². The van der Waals surface area contributed by atoms with Crippen LogP contribution in [0.3, 0.4) is 0 Å². The number of nitrogens with zero attached hydrogens (tertiary/aromatic N) is 1. The summed E-state index contributed by atoms with van der Waals surface area (Å²) < 4.78 is 24.6. The van der Waals surface area contributed by atoms with Crippen LogP contribution in [0.5, 0.6) is 0 Å². The number of nitrogens with two attached hydrogens (primary N) is 1. The van der Waals surface area contributed by atoms with Crippen LogP contribution in [0.2, 0.25) is 0 Å². The second kappa shape index (κ2) is 3.99. The van der Waals surface area contributed by atoms with Crippen molar-refractivity contribution in [2.24, 2.45) is 0 Å². The maximum atomic E-state index is 12.3. The van der Waals surface area contributed by atoms with Crippen molar-refractivity contribution in [2.45, 2.75) is 12.8 Å². The molecule has 1 aromatic rings. The second-order valence-electron chi connectivity index (χ2n) is 2.63. The summed E-state index contributed by atoms with van der Waals surface area (Å²) in [5.74, 6) is -1.16. The fourth-order valence-electron chi connectivity index (χ4n) is 1.01. The Bertz CT molecular complexity index is 355. The molecule has 3 N–H and O–H groups in total.